The monoisotopic (exact) mass is 274 g/mol. The summed E-state index contributed by atoms with van der Waals surface area (Å²) in [5.74, 6) is -0.493. The molecule has 1 aromatic carbocycles. The molecule has 0 heterocycles. The zero-order chi connectivity index (χ0) is 13.8. The average molecular weight is 274 g/mol. The zero-order valence-electron chi connectivity index (χ0n) is 10.2. The summed E-state index contributed by atoms with van der Waals surface area (Å²) in [6, 6.07) is 6.29. The number of hydrogen-bond donors (Lipinski definition) is 3. The molecule has 1 rings (SSSR count). The van der Waals surface area contributed by atoms with E-state index in [1.165, 1.54) is 12.1 Å². The molecule has 0 aliphatic rings. The predicted octanol–water partition coefficient (Wildman–Crippen LogP) is -0.268. The Labute approximate surface area is 107 Å². The minimum atomic E-state index is -3.65. The maximum atomic E-state index is 12.1. The third-order valence-corrected chi connectivity index (χ3v) is 4.87. The van der Waals surface area contributed by atoms with Gasteiger partial charge >= 0.3 is 0 Å². The van der Waals surface area contributed by atoms with Crippen LogP contribution in [0.2, 0.25) is 0 Å². The van der Waals surface area contributed by atoms with Crippen LogP contribution in [-0.2, 0) is 9.84 Å². The molecule has 0 fully saturated rings. The predicted molar refractivity (Wildman–Crippen MR) is 66.9 cm³/mol. The highest BCUT2D eigenvalue weighted by Crippen LogP contribution is 2.23. The van der Waals surface area contributed by atoms with E-state index in [0.717, 1.165) is 5.56 Å². The first-order chi connectivity index (χ1) is 8.39. The van der Waals surface area contributed by atoms with E-state index >= 15 is 0 Å². The van der Waals surface area contributed by atoms with Crippen LogP contribution < -0.4 is 0 Å². The van der Waals surface area contributed by atoms with E-state index < -0.39 is 40.8 Å². The number of aliphatic hydroxyl groups excluding tert-OH is 3. The molecular formula is C12H18O5S. The van der Waals surface area contributed by atoms with Crippen LogP contribution in [0.1, 0.15) is 5.56 Å². The van der Waals surface area contributed by atoms with Crippen molar-refractivity contribution >= 4 is 9.84 Å². The zero-order valence-corrected chi connectivity index (χ0v) is 11.0. The van der Waals surface area contributed by atoms with E-state index in [0.29, 0.717) is 0 Å². The quantitative estimate of drug-likeness (QED) is 0.664. The molecule has 18 heavy (non-hydrogen) atoms. The Bertz CT molecular complexity index is 465. The Morgan fingerprint density at radius 2 is 1.44 bits per heavy atom. The molecule has 0 radical (unpaired) electrons. The first-order valence-electron chi connectivity index (χ1n) is 5.51. The Kier molecular flexibility index (Phi) is 4.86. The Morgan fingerprint density at radius 1 is 1.00 bits per heavy atom. The molecular weight excluding hydrogens is 256 g/mol. The SMILES string of the molecule is Cc1ccc(S(=O)(=O)CC(CO)(CO)CO)cc1. The van der Waals surface area contributed by atoms with Crippen molar-refractivity contribution in [3.63, 3.8) is 0 Å². The minimum absolute atomic E-state index is 0.118. The Morgan fingerprint density at radius 3 is 1.83 bits per heavy atom. The summed E-state index contributed by atoms with van der Waals surface area (Å²) < 4.78 is 24.2. The number of aliphatic hydroxyl groups is 3. The van der Waals surface area contributed by atoms with Crippen molar-refractivity contribution in [3.05, 3.63) is 29.8 Å². The molecule has 5 nitrogen and oxygen atoms in total. The van der Waals surface area contributed by atoms with Crippen molar-refractivity contribution in [1.82, 2.24) is 0 Å². The van der Waals surface area contributed by atoms with Crippen LogP contribution in [0.5, 0.6) is 0 Å². The van der Waals surface area contributed by atoms with Gasteiger partial charge in [-0.15, -0.1) is 0 Å². The van der Waals surface area contributed by atoms with Crippen LogP contribution >= 0.6 is 0 Å². The highest BCUT2D eigenvalue weighted by molar-refractivity contribution is 7.91. The number of aryl methyl sites for hydroxylation is 1. The molecule has 6 heteroatoms. The highest BCUT2D eigenvalue weighted by atomic mass is 32.2. The van der Waals surface area contributed by atoms with E-state index in [-0.39, 0.29) is 4.90 Å². The van der Waals surface area contributed by atoms with Crippen LogP contribution in [0.15, 0.2) is 29.2 Å². The van der Waals surface area contributed by atoms with E-state index in [4.69, 9.17) is 15.3 Å². The van der Waals surface area contributed by atoms with Gasteiger partial charge in [0.2, 0.25) is 0 Å². The lowest BCUT2D eigenvalue weighted by molar-refractivity contribution is 0.0224. The van der Waals surface area contributed by atoms with Crippen LogP contribution in [0.25, 0.3) is 0 Å². The largest absolute Gasteiger partial charge is 0.396 e. The standard InChI is InChI=1S/C12H18O5S/c1-10-2-4-11(5-3-10)18(16,17)9-12(6-13,7-14)8-15/h2-5,13-15H,6-9H2,1H3. The fraction of sp³-hybridized carbons (Fsp3) is 0.500. The normalized spacial score (nSPS) is 12.7. The van der Waals surface area contributed by atoms with Gasteiger partial charge in [0.15, 0.2) is 9.84 Å². The number of rotatable bonds is 6. The molecule has 0 bridgehead atoms. The van der Waals surface area contributed by atoms with E-state index in [2.05, 4.69) is 0 Å². The Hall–Kier alpha value is -0.950. The lowest BCUT2D eigenvalue weighted by Gasteiger charge is -2.26. The van der Waals surface area contributed by atoms with Crippen LogP contribution in [0.3, 0.4) is 0 Å². The van der Waals surface area contributed by atoms with E-state index in [1.54, 1.807) is 12.1 Å². The average Bonchev–Trinajstić information content (AvgIpc) is 2.37. The van der Waals surface area contributed by atoms with Gasteiger partial charge in [-0.25, -0.2) is 8.42 Å². The summed E-state index contributed by atoms with van der Waals surface area (Å²) in [7, 11) is -3.65. The van der Waals surface area contributed by atoms with Gasteiger partial charge in [0.25, 0.3) is 0 Å². The lowest BCUT2D eigenvalue weighted by Crippen LogP contribution is -2.40. The van der Waals surface area contributed by atoms with Gasteiger partial charge in [-0.05, 0) is 19.1 Å². The molecule has 0 unspecified atom stereocenters. The molecule has 102 valence electrons. The van der Waals surface area contributed by atoms with Crippen molar-refractivity contribution in [1.29, 1.82) is 0 Å². The van der Waals surface area contributed by atoms with Gasteiger partial charge in [0.05, 0.1) is 35.9 Å². The second-order valence-corrected chi connectivity index (χ2v) is 6.54. The maximum Gasteiger partial charge on any atom is 0.179 e. The van der Waals surface area contributed by atoms with Gasteiger partial charge in [0.1, 0.15) is 0 Å². The van der Waals surface area contributed by atoms with Crippen molar-refractivity contribution in [2.45, 2.75) is 11.8 Å². The third kappa shape index (κ3) is 3.29. The second kappa shape index (κ2) is 5.79. The summed E-state index contributed by atoms with van der Waals surface area (Å²) in [4.78, 5) is 0.118. The van der Waals surface area contributed by atoms with Crippen molar-refractivity contribution in [3.8, 4) is 0 Å². The van der Waals surface area contributed by atoms with Gasteiger partial charge in [-0.1, -0.05) is 17.7 Å². The van der Waals surface area contributed by atoms with Crippen LogP contribution in [0.4, 0.5) is 0 Å². The molecule has 0 aromatic heterocycles. The lowest BCUT2D eigenvalue weighted by atomic mass is 9.94. The highest BCUT2D eigenvalue weighted by Gasteiger charge is 2.34. The number of hydrogen-bond acceptors (Lipinski definition) is 5. The molecule has 0 saturated heterocycles. The fourth-order valence-electron chi connectivity index (χ4n) is 1.52. The molecule has 3 N–H and O–H groups in total. The van der Waals surface area contributed by atoms with E-state index in [1.807, 2.05) is 6.92 Å². The summed E-state index contributed by atoms with van der Waals surface area (Å²) in [5, 5.41) is 27.4. The van der Waals surface area contributed by atoms with Crippen molar-refractivity contribution < 1.29 is 23.7 Å². The van der Waals surface area contributed by atoms with Crippen molar-refractivity contribution in [2.75, 3.05) is 25.6 Å². The molecule has 0 aliphatic carbocycles. The van der Waals surface area contributed by atoms with Crippen molar-refractivity contribution in [2.24, 2.45) is 5.41 Å². The smallest absolute Gasteiger partial charge is 0.179 e. The maximum absolute atomic E-state index is 12.1. The first-order valence-corrected chi connectivity index (χ1v) is 7.16. The minimum Gasteiger partial charge on any atom is -0.396 e. The van der Waals surface area contributed by atoms with Gasteiger partial charge < -0.3 is 15.3 Å². The number of benzene rings is 1. The van der Waals surface area contributed by atoms with Crippen LogP contribution in [0, 0.1) is 12.3 Å². The molecule has 0 spiro atoms. The van der Waals surface area contributed by atoms with Gasteiger partial charge in [-0.2, -0.15) is 0 Å². The number of sulfone groups is 1. The molecule has 0 atom stereocenters. The Balaban J connectivity index is 3.04. The van der Waals surface area contributed by atoms with Crippen LogP contribution in [-0.4, -0.2) is 49.3 Å². The topological polar surface area (TPSA) is 94.8 Å². The summed E-state index contributed by atoms with van der Waals surface area (Å²) in [5.41, 5.74) is -0.476. The molecule has 0 amide bonds. The fourth-order valence-corrected chi connectivity index (χ4v) is 3.32. The third-order valence-electron chi connectivity index (χ3n) is 2.88. The molecule has 1 aromatic rings. The summed E-state index contributed by atoms with van der Waals surface area (Å²) >= 11 is 0. The van der Waals surface area contributed by atoms with Gasteiger partial charge in [0, 0.05) is 0 Å². The molecule has 0 saturated carbocycles. The molecule has 0 aliphatic heterocycles. The van der Waals surface area contributed by atoms with E-state index in [9.17, 15) is 8.42 Å². The summed E-state index contributed by atoms with van der Waals surface area (Å²) in [6.45, 7) is 0.0666. The first kappa shape index (κ1) is 15.1. The second-order valence-electron chi connectivity index (χ2n) is 4.55. The summed E-state index contributed by atoms with van der Waals surface area (Å²) in [6.07, 6.45) is 0. The van der Waals surface area contributed by atoms with Gasteiger partial charge in [-0.3, -0.25) is 0 Å².